The lowest BCUT2D eigenvalue weighted by molar-refractivity contribution is 0.687. The van der Waals surface area contributed by atoms with E-state index in [0.717, 1.165) is 17.8 Å². The molecule has 0 spiro atoms. The molecule has 0 atom stereocenters. The van der Waals surface area contributed by atoms with Gasteiger partial charge in [-0.15, -0.1) is 0 Å². The maximum Gasteiger partial charge on any atom is 0.0766 e. The first-order chi connectivity index (χ1) is 7.60. The second kappa shape index (κ2) is 5.55. The van der Waals surface area contributed by atoms with Crippen LogP contribution in [0.3, 0.4) is 0 Å². The van der Waals surface area contributed by atoms with Crippen LogP contribution in [0, 0.1) is 11.3 Å². The Hall–Kier alpha value is -1.49. The second-order valence-corrected chi connectivity index (χ2v) is 4.59. The Morgan fingerprint density at radius 3 is 2.38 bits per heavy atom. The predicted octanol–water partition coefficient (Wildman–Crippen LogP) is 3.70. The highest BCUT2D eigenvalue weighted by Crippen LogP contribution is 2.23. The maximum atomic E-state index is 9.02. The van der Waals surface area contributed by atoms with Crippen LogP contribution in [0.25, 0.3) is 0 Å². The third-order valence-electron chi connectivity index (χ3n) is 2.75. The fourth-order valence-electron chi connectivity index (χ4n) is 1.48. The van der Waals surface area contributed by atoms with Gasteiger partial charge in [-0.2, -0.15) is 5.26 Å². The van der Waals surface area contributed by atoms with Gasteiger partial charge in [0.25, 0.3) is 0 Å². The smallest absolute Gasteiger partial charge is 0.0766 e. The number of nitrogens with zero attached hydrogens (tertiary/aromatic N) is 1. The molecule has 1 aromatic rings. The Balaban J connectivity index is 2.65. The van der Waals surface area contributed by atoms with Gasteiger partial charge in [0.15, 0.2) is 0 Å². The van der Waals surface area contributed by atoms with Crippen LogP contribution in [-0.2, 0) is 5.41 Å². The summed E-state index contributed by atoms with van der Waals surface area (Å²) in [5.41, 5.74) is 1.80. The fraction of sp³-hybridized carbons (Fsp3) is 0.500. The molecule has 1 aromatic carbocycles. The van der Waals surface area contributed by atoms with Crippen molar-refractivity contribution in [3.05, 3.63) is 29.8 Å². The normalized spacial score (nSPS) is 10.9. The lowest BCUT2D eigenvalue weighted by Gasteiger charge is -2.16. The molecule has 0 saturated carbocycles. The summed E-state index contributed by atoms with van der Waals surface area (Å²) in [6, 6.07) is 10.5. The maximum absolute atomic E-state index is 9.02. The summed E-state index contributed by atoms with van der Waals surface area (Å²) < 4.78 is 0. The molecule has 0 amide bonds. The third kappa shape index (κ3) is 3.27. The van der Waals surface area contributed by atoms with E-state index in [4.69, 9.17) is 5.26 Å². The Kier molecular flexibility index (Phi) is 4.37. The molecule has 16 heavy (non-hydrogen) atoms. The van der Waals surface area contributed by atoms with Crippen LogP contribution < -0.4 is 5.32 Å². The molecule has 2 heteroatoms. The van der Waals surface area contributed by atoms with E-state index in [1.807, 2.05) is 38.1 Å². The summed E-state index contributed by atoms with van der Waals surface area (Å²) in [6.45, 7) is 7.07. The van der Waals surface area contributed by atoms with E-state index in [9.17, 15) is 0 Å². The van der Waals surface area contributed by atoms with Crippen molar-refractivity contribution < 1.29 is 0 Å². The van der Waals surface area contributed by atoms with Crippen LogP contribution in [0.1, 0.15) is 39.2 Å². The number of nitriles is 1. The highest BCUT2D eigenvalue weighted by atomic mass is 14.9. The molecular weight excluding hydrogens is 196 g/mol. The van der Waals surface area contributed by atoms with E-state index in [0.29, 0.717) is 0 Å². The molecule has 0 aliphatic heterocycles. The van der Waals surface area contributed by atoms with Crippen LogP contribution in [-0.4, -0.2) is 6.54 Å². The van der Waals surface area contributed by atoms with Crippen LogP contribution in [0.4, 0.5) is 5.69 Å². The third-order valence-corrected chi connectivity index (χ3v) is 2.75. The molecule has 1 rings (SSSR count). The molecule has 0 bridgehead atoms. The fourth-order valence-corrected chi connectivity index (χ4v) is 1.48. The van der Waals surface area contributed by atoms with Crippen LogP contribution in [0.2, 0.25) is 0 Å². The highest BCUT2D eigenvalue weighted by Gasteiger charge is 2.18. The van der Waals surface area contributed by atoms with E-state index < -0.39 is 5.41 Å². The van der Waals surface area contributed by atoms with E-state index in [-0.39, 0.29) is 0 Å². The SMILES string of the molecule is CCCCNc1ccc(C(C)(C)C#N)cc1. The van der Waals surface area contributed by atoms with Crippen LogP contribution >= 0.6 is 0 Å². The summed E-state index contributed by atoms with van der Waals surface area (Å²) in [4.78, 5) is 0. The highest BCUT2D eigenvalue weighted by molar-refractivity contribution is 5.46. The summed E-state index contributed by atoms with van der Waals surface area (Å²) in [5.74, 6) is 0. The minimum Gasteiger partial charge on any atom is -0.385 e. The molecule has 0 heterocycles. The van der Waals surface area contributed by atoms with Crippen molar-refractivity contribution in [3.63, 3.8) is 0 Å². The van der Waals surface area contributed by atoms with Crippen LogP contribution in [0.15, 0.2) is 24.3 Å². The molecule has 0 aliphatic rings. The van der Waals surface area contributed by atoms with Crippen molar-refractivity contribution in [1.82, 2.24) is 0 Å². The van der Waals surface area contributed by atoms with Gasteiger partial charge in [0.1, 0.15) is 0 Å². The quantitative estimate of drug-likeness (QED) is 0.762. The predicted molar refractivity (Wildman–Crippen MR) is 68.5 cm³/mol. The monoisotopic (exact) mass is 216 g/mol. The molecule has 2 nitrogen and oxygen atoms in total. The molecule has 0 radical (unpaired) electrons. The van der Waals surface area contributed by atoms with Gasteiger partial charge in [0.2, 0.25) is 0 Å². The van der Waals surface area contributed by atoms with E-state index in [1.165, 1.54) is 12.8 Å². The van der Waals surface area contributed by atoms with Gasteiger partial charge in [-0.3, -0.25) is 0 Å². The van der Waals surface area contributed by atoms with Crippen LogP contribution in [0.5, 0.6) is 0 Å². The first kappa shape index (κ1) is 12.6. The first-order valence-corrected chi connectivity index (χ1v) is 5.86. The van der Waals surface area contributed by atoms with Gasteiger partial charge in [0, 0.05) is 12.2 Å². The van der Waals surface area contributed by atoms with E-state index in [2.05, 4.69) is 18.3 Å². The van der Waals surface area contributed by atoms with Gasteiger partial charge < -0.3 is 5.32 Å². The molecule has 0 fully saturated rings. The second-order valence-electron chi connectivity index (χ2n) is 4.59. The average Bonchev–Trinajstić information content (AvgIpc) is 2.30. The van der Waals surface area contributed by atoms with Crippen molar-refractivity contribution in [2.24, 2.45) is 0 Å². The lowest BCUT2D eigenvalue weighted by atomic mass is 9.86. The summed E-state index contributed by atoms with van der Waals surface area (Å²) in [7, 11) is 0. The van der Waals surface area contributed by atoms with Crippen molar-refractivity contribution in [2.75, 3.05) is 11.9 Å². The van der Waals surface area contributed by atoms with Gasteiger partial charge in [-0.05, 0) is 38.0 Å². The number of anilines is 1. The molecule has 0 aromatic heterocycles. The zero-order valence-electron chi connectivity index (χ0n) is 10.4. The molecule has 0 unspecified atom stereocenters. The van der Waals surface area contributed by atoms with Crippen molar-refractivity contribution in [2.45, 2.75) is 39.0 Å². The topological polar surface area (TPSA) is 35.8 Å². The van der Waals surface area contributed by atoms with Gasteiger partial charge in [-0.1, -0.05) is 25.5 Å². The number of rotatable bonds is 5. The Bertz CT molecular complexity index is 357. The Morgan fingerprint density at radius 2 is 1.88 bits per heavy atom. The minimum absolute atomic E-state index is 0.401. The first-order valence-electron chi connectivity index (χ1n) is 5.86. The van der Waals surface area contributed by atoms with E-state index >= 15 is 0 Å². The summed E-state index contributed by atoms with van der Waals surface area (Å²) >= 11 is 0. The summed E-state index contributed by atoms with van der Waals surface area (Å²) in [6.07, 6.45) is 2.39. The zero-order valence-corrected chi connectivity index (χ0v) is 10.4. The number of hydrogen-bond donors (Lipinski definition) is 1. The standard InChI is InChI=1S/C14H20N2/c1-4-5-10-16-13-8-6-12(7-9-13)14(2,3)11-15/h6-9,16H,4-5,10H2,1-3H3. The number of nitrogens with one attached hydrogen (secondary N) is 1. The van der Waals surface area contributed by atoms with Gasteiger partial charge >= 0.3 is 0 Å². The number of benzene rings is 1. The summed E-state index contributed by atoms with van der Waals surface area (Å²) in [5, 5.41) is 12.4. The Morgan fingerprint density at radius 1 is 1.25 bits per heavy atom. The van der Waals surface area contributed by atoms with Crippen molar-refractivity contribution >= 4 is 5.69 Å². The minimum atomic E-state index is -0.401. The molecule has 86 valence electrons. The zero-order chi connectivity index (χ0) is 12.0. The van der Waals surface area contributed by atoms with Gasteiger partial charge in [-0.25, -0.2) is 0 Å². The van der Waals surface area contributed by atoms with Gasteiger partial charge in [0.05, 0.1) is 11.5 Å². The largest absolute Gasteiger partial charge is 0.385 e. The molecule has 0 saturated heterocycles. The lowest BCUT2D eigenvalue weighted by Crippen LogP contribution is -2.13. The number of hydrogen-bond acceptors (Lipinski definition) is 2. The molecule has 0 aliphatic carbocycles. The average molecular weight is 216 g/mol. The van der Waals surface area contributed by atoms with Crippen molar-refractivity contribution in [3.8, 4) is 6.07 Å². The molecular formula is C14H20N2. The molecule has 1 N–H and O–H groups in total. The van der Waals surface area contributed by atoms with Crippen molar-refractivity contribution in [1.29, 1.82) is 5.26 Å². The Labute approximate surface area is 98.3 Å². The number of unbranched alkanes of at least 4 members (excludes halogenated alkanes) is 1. The van der Waals surface area contributed by atoms with E-state index in [1.54, 1.807) is 0 Å².